The molecule has 1 aromatic carbocycles. The lowest BCUT2D eigenvalue weighted by Crippen LogP contribution is -2.17. The first-order chi connectivity index (χ1) is 9.01. The maximum absolute atomic E-state index is 13.1. The van der Waals surface area contributed by atoms with Gasteiger partial charge in [-0.3, -0.25) is 4.79 Å². The van der Waals surface area contributed by atoms with Gasteiger partial charge in [-0.2, -0.15) is 4.98 Å². The van der Waals surface area contributed by atoms with Crippen molar-refractivity contribution >= 4 is 11.6 Å². The third-order valence-electron chi connectivity index (χ3n) is 2.72. The summed E-state index contributed by atoms with van der Waals surface area (Å²) in [6.45, 7) is 2.14. The normalized spacial score (nSPS) is 10.5. The van der Waals surface area contributed by atoms with E-state index in [4.69, 9.17) is 16.3 Å². The highest BCUT2D eigenvalue weighted by molar-refractivity contribution is 6.30. The van der Waals surface area contributed by atoms with Crippen molar-refractivity contribution in [3.8, 4) is 5.75 Å². The Hall–Kier alpha value is -1.88. The molecule has 0 saturated carbocycles. The van der Waals surface area contributed by atoms with Gasteiger partial charge in [0.15, 0.2) is 0 Å². The largest absolute Gasteiger partial charge is 0.490 e. The Labute approximate surface area is 114 Å². The number of aromatic nitrogens is 2. The molecule has 6 heteroatoms. The maximum atomic E-state index is 13.1. The predicted octanol–water partition coefficient (Wildman–Crippen LogP) is 2.40. The number of rotatable bonds is 3. The standard InChI is InChI=1S/C13H12ClFN2O2/c1-8-16-13(18)12(19-2)7-17(8)6-9-3-4-11(15)10(14)5-9/h3-5,7H,6H2,1-2H3. The van der Waals surface area contributed by atoms with Crippen LogP contribution in [0.15, 0.2) is 29.2 Å². The van der Waals surface area contributed by atoms with Crippen LogP contribution in [0.3, 0.4) is 0 Å². The molecule has 1 aromatic heterocycles. The molecule has 0 unspecified atom stereocenters. The third-order valence-corrected chi connectivity index (χ3v) is 3.01. The van der Waals surface area contributed by atoms with Crippen LogP contribution in [-0.4, -0.2) is 16.7 Å². The topological polar surface area (TPSA) is 44.1 Å². The Morgan fingerprint density at radius 3 is 2.84 bits per heavy atom. The molecular weight excluding hydrogens is 271 g/mol. The molecule has 0 saturated heterocycles. The van der Waals surface area contributed by atoms with Crippen LogP contribution in [0.5, 0.6) is 5.75 Å². The van der Waals surface area contributed by atoms with Crippen LogP contribution in [-0.2, 0) is 6.54 Å². The first kappa shape index (κ1) is 13.5. The highest BCUT2D eigenvalue weighted by Crippen LogP contribution is 2.17. The van der Waals surface area contributed by atoms with Crippen molar-refractivity contribution in [2.45, 2.75) is 13.5 Å². The lowest BCUT2D eigenvalue weighted by atomic mass is 10.2. The minimum atomic E-state index is -0.460. The van der Waals surface area contributed by atoms with E-state index in [9.17, 15) is 9.18 Å². The van der Waals surface area contributed by atoms with Crippen LogP contribution < -0.4 is 10.3 Å². The summed E-state index contributed by atoms with van der Waals surface area (Å²) in [6, 6.07) is 4.48. The number of halogens is 2. The molecule has 1 heterocycles. The SMILES string of the molecule is COc1cn(Cc2ccc(F)c(Cl)c2)c(C)nc1=O. The Kier molecular flexibility index (Phi) is 3.85. The van der Waals surface area contributed by atoms with Crippen molar-refractivity contribution in [2.75, 3.05) is 7.11 Å². The zero-order valence-electron chi connectivity index (χ0n) is 10.5. The van der Waals surface area contributed by atoms with Crippen LogP contribution in [0.1, 0.15) is 11.4 Å². The molecule has 2 rings (SSSR count). The summed E-state index contributed by atoms with van der Waals surface area (Å²) in [6.07, 6.45) is 1.57. The number of hydrogen-bond donors (Lipinski definition) is 0. The molecule has 0 radical (unpaired) electrons. The van der Waals surface area contributed by atoms with Crippen molar-refractivity contribution in [1.29, 1.82) is 0 Å². The van der Waals surface area contributed by atoms with Crippen LogP contribution in [0.4, 0.5) is 4.39 Å². The summed E-state index contributed by atoms with van der Waals surface area (Å²) < 4.78 is 19.8. The molecule has 0 aliphatic rings. The molecule has 4 nitrogen and oxygen atoms in total. The molecule has 0 aliphatic heterocycles. The fraction of sp³-hybridized carbons (Fsp3) is 0.231. The summed E-state index contributed by atoms with van der Waals surface area (Å²) in [5.74, 6) is 0.253. The average Bonchev–Trinajstić information content (AvgIpc) is 2.37. The smallest absolute Gasteiger partial charge is 0.315 e. The van der Waals surface area contributed by atoms with Gasteiger partial charge in [0.25, 0.3) is 0 Å². The van der Waals surface area contributed by atoms with E-state index >= 15 is 0 Å². The number of methoxy groups -OCH3 is 1. The number of benzene rings is 1. The summed E-state index contributed by atoms with van der Waals surface area (Å²) in [5, 5.41) is 0.0659. The van der Waals surface area contributed by atoms with E-state index in [-0.39, 0.29) is 10.8 Å². The van der Waals surface area contributed by atoms with Gasteiger partial charge in [-0.25, -0.2) is 4.39 Å². The van der Waals surface area contributed by atoms with E-state index in [1.807, 2.05) is 0 Å². The van der Waals surface area contributed by atoms with E-state index in [1.165, 1.54) is 13.2 Å². The highest BCUT2D eigenvalue weighted by atomic mass is 35.5. The van der Waals surface area contributed by atoms with E-state index in [0.29, 0.717) is 12.4 Å². The van der Waals surface area contributed by atoms with Gasteiger partial charge in [0.05, 0.1) is 18.3 Å². The lowest BCUT2D eigenvalue weighted by Gasteiger charge is -2.11. The summed E-state index contributed by atoms with van der Waals surface area (Å²) in [5.41, 5.74) is 0.399. The second-order valence-electron chi connectivity index (χ2n) is 4.04. The monoisotopic (exact) mass is 282 g/mol. The van der Waals surface area contributed by atoms with Crippen molar-refractivity contribution in [1.82, 2.24) is 9.55 Å². The Bertz CT molecular complexity index is 670. The summed E-state index contributed by atoms with van der Waals surface area (Å²) in [4.78, 5) is 15.3. The quantitative estimate of drug-likeness (QED) is 0.868. The molecule has 0 aliphatic carbocycles. The summed E-state index contributed by atoms with van der Waals surface area (Å²) in [7, 11) is 1.41. The predicted molar refractivity (Wildman–Crippen MR) is 70.3 cm³/mol. The number of nitrogens with zero attached hydrogens (tertiary/aromatic N) is 2. The van der Waals surface area contributed by atoms with E-state index < -0.39 is 11.4 Å². The fourth-order valence-electron chi connectivity index (χ4n) is 1.69. The highest BCUT2D eigenvalue weighted by Gasteiger charge is 2.07. The molecule has 100 valence electrons. The van der Waals surface area contributed by atoms with Crippen LogP contribution in [0.2, 0.25) is 5.02 Å². The molecule has 0 fully saturated rings. The fourth-order valence-corrected chi connectivity index (χ4v) is 1.89. The average molecular weight is 283 g/mol. The van der Waals surface area contributed by atoms with Gasteiger partial charge < -0.3 is 9.30 Å². The summed E-state index contributed by atoms with van der Waals surface area (Å²) >= 11 is 5.73. The molecule has 0 amide bonds. The Balaban J connectivity index is 2.37. The first-order valence-corrected chi connectivity index (χ1v) is 5.95. The Morgan fingerprint density at radius 1 is 1.47 bits per heavy atom. The molecule has 19 heavy (non-hydrogen) atoms. The van der Waals surface area contributed by atoms with Gasteiger partial charge in [-0.15, -0.1) is 0 Å². The van der Waals surface area contributed by atoms with Gasteiger partial charge in [-0.05, 0) is 24.6 Å². The number of aryl methyl sites for hydroxylation is 1. The van der Waals surface area contributed by atoms with Crippen molar-refractivity contribution in [3.63, 3.8) is 0 Å². The molecule has 2 aromatic rings. The second-order valence-corrected chi connectivity index (χ2v) is 4.45. The number of hydrogen-bond acceptors (Lipinski definition) is 3. The zero-order valence-corrected chi connectivity index (χ0v) is 11.2. The van der Waals surface area contributed by atoms with Gasteiger partial charge in [0.2, 0.25) is 5.75 Å². The van der Waals surface area contributed by atoms with Crippen LogP contribution in [0, 0.1) is 12.7 Å². The molecule has 0 spiro atoms. The van der Waals surface area contributed by atoms with Crippen LogP contribution >= 0.6 is 11.6 Å². The van der Waals surface area contributed by atoms with E-state index in [0.717, 1.165) is 5.56 Å². The van der Waals surface area contributed by atoms with Gasteiger partial charge in [0.1, 0.15) is 11.6 Å². The van der Waals surface area contributed by atoms with E-state index in [1.54, 1.807) is 29.8 Å². The molecular formula is C13H12ClFN2O2. The second kappa shape index (κ2) is 5.40. The van der Waals surface area contributed by atoms with Crippen molar-refractivity contribution in [3.05, 3.63) is 57.0 Å². The molecule has 0 atom stereocenters. The Morgan fingerprint density at radius 2 is 2.21 bits per heavy atom. The zero-order chi connectivity index (χ0) is 14.0. The van der Waals surface area contributed by atoms with Crippen molar-refractivity contribution in [2.24, 2.45) is 0 Å². The molecule has 0 bridgehead atoms. The van der Waals surface area contributed by atoms with Crippen LogP contribution in [0.25, 0.3) is 0 Å². The maximum Gasteiger partial charge on any atom is 0.315 e. The lowest BCUT2D eigenvalue weighted by molar-refractivity contribution is 0.400. The number of ether oxygens (including phenoxy) is 1. The third kappa shape index (κ3) is 2.93. The van der Waals surface area contributed by atoms with E-state index in [2.05, 4.69) is 4.98 Å². The van der Waals surface area contributed by atoms with Gasteiger partial charge in [-0.1, -0.05) is 17.7 Å². The van der Waals surface area contributed by atoms with Gasteiger partial charge >= 0.3 is 5.56 Å². The first-order valence-electron chi connectivity index (χ1n) is 5.57. The minimum absolute atomic E-state index is 0.0659. The van der Waals surface area contributed by atoms with Gasteiger partial charge in [0, 0.05) is 6.54 Å². The minimum Gasteiger partial charge on any atom is -0.490 e. The van der Waals surface area contributed by atoms with Crippen molar-refractivity contribution < 1.29 is 9.13 Å². The molecule has 0 N–H and O–H groups in total.